The van der Waals surface area contributed by atoms with E-state index in [-0.39, 0.29) is 16.6 Å². The predicted molar refractivity (Wildman–Crippen MR) is 90.2 cm³/mol. The number of Topliss-reactive ketones (excluding diaryl/α,β-unsaturated/α-hetero) is 1. The third-order valence-electron chi connectivity index (χ3n) is 5.80. The molecule has 1 aliphatic rings. The zero-order valence-corrected chi connectivity index (χ0v) is 14.9. The van der Waals surface area contributed by atoms with Crippen LogP contribution in [0.15, 0.2) is 12.1 Å². The smallest absolute Gasteiger partial charge is 0.160 e. The molecule has 0 spiro atoms. The lowest BCUT2D eigenvalue weighted by Crippen LogP contribution is -2.30. The summed E-state index contributed by atoms with van der Waals surface area (Å²) in [6.45, 7) is 17.8. The Morgan fingerprint density at radius 1 is 1.10 bits per heavy atom. The largest absolute Gasteiger partial charge is 0.295 e. The molecule has 116 valence electrons. The van der Waals surface area contributed by atoms with Crippen LogP contribution in [0.3, 0.4) is 0 Å². The third kappa shape index (κ3) is 2.45. The molecular formula is C20H30O. The van der Waals surface area contributed by atoms with Crippen molar-refractivity contribution in [2.24, 2.45) is 11.8 Å². The molecular weight excluding hydrogens is 256 g/mol. The van der Waals surface area contributed by atoms with Crippen molar-refractivity contribution in [1.29, 1.82) is 0 Å². The fourth-order valence-electron chi connectivity index (χ4n) is 4.02. The molecule has 0 amide bonds. The summed E-state index contributed by atoms with van der Waals surface area (Å²) >= 11 is 0. The molecule has 1 aromatic carbocycles. The van der Waals surface area contributed by atoms with Crippen molar-refractivity contribution < 1.29 is 4.79 Å². The number of rotatable bonds is 3. The van der Waals surface area contributed by atoms with Gasteiger partial charge in [-0.1, -0.05) is 54.5 Å². The van der Waals surface area contributed by atoms with Gasteiger partial charge in [0.15, 0.2) is 5.78 Å². The van der Waals surface area contributed by atoms with E-state index in [0.29, 0.717) is 11.8 Å². The van der Waals surface area contributed by atoms with Crippen molar-refractivity contribution in [2.45, 2.75) is 72.6 Å². The Hall–Kier alpha value is -1.11. The lowest BCUT2D eigenvalue weighted by molar-refractivity contribution is 0.101. The van der Waals surface area contributed by atoms with Gasteiger partial charge in [-0.3, -0.25) is 4.79 Å². The van der Waals surface area contributed by atoms with Gasteiger partial charge in [0.25, 0.3) is 0 Å². The van der Waals surface area contributed by atoms with E-state index in [0.717, 1.165) is 12.0 Å². The summed E-state index contributed by atoms with van der Waals surface area (Å²) in [5.74, 6) is 1.33. The zero-order chi connectivity index (χ0) is 16.2. The highest BCUT2D eigenvalue weighted by Gasteiger charge is 2.48. The fourth-order valence-corrected chi connectivity index (χ4v) is 4.02. The van der Waals surface area contributed by atoms with Crippen LogP contribution < -0.4 is 0 Å². The molecule has 0 heterocycles. The quantitative estimate of drug-likeness (QED) is 0.690. The maximum Gasteiger partial charge on any atom is 0.160 e. The third-order valence-corrected chi connectivity index (χ3v) is 5.80. The predicted octanol–water partition coefficient (Wildman–Crippen LogP) is 5.29. The van der Waals surface area contributed by atoms with Crippen LogP contribution >= 0.6 is 0 Å². The van der Waals surface area contributed by atoms with Crippen LogP contribution in [-0.2, 0) is 17.3 Å². The highest BCUT2D eigenvalue weighted by atomic mass is 16.1. The van der Waals surface area contributed by atoms with Crippen molar-refractivity contribution in [3.8, 4) is 0 Å². The molecule has 1 nitrogen and oxygen atoms in total. The lowest BCUT2D eigenvalue weighted by atomic mass is 9.71. The number of fused-ring (bicyclic) bond motifs is 1. The van der Waals surface area contributed by atoms with Gasteiger partial charge < -0.3 is 0 Å². The van der Waals surface area contributed by atoms with Crippen LogP contribution in [-0.4, -0.2) is 5.78 Å². The molecule has 0 aromatic heterocycles. The fraction of sp³-hybridized carbons (Fsp3) is 0.650. The molecule has 0 aliphatic heterocycles. The molecule has 1 unspecified atom stereocenters. The van der Waals surface area contributed by atoms with Crippen LogP contribution in [0.25, 0.3) is 0 Å². The molecule has 0 saturated carbocycles. The van der Waals surface area contributed by atoms with Gasteiger partial charge in [0.1, 0.15) is 0 Å². The minimum Gasteiger partial charge on any atom is -0.295 e. The average Bonchev–Trinajstić information content (AvgIpc) is 2.47. The summed E-state index contributed by atoms with van der Waals surface area (Å²) in [4.78, 5) is 12.1. The second-order valence-electron chi connectivity index (χ2n) is 8.37. The van der Waals surface area contributed by atoms with E-state index in [2.05, 4.69) is 60.6 Å². The first-order valence-electron chi connectivity index (χ1n) is 8.18. The summed E-state index contributed by atoms with van der Waals surface area (Å²) in [5, 5.41) is 0. The van der Waals surface area contributed by atoms with Crippen molar-refractivity contribution in [3.05, 3.63) is 34.4 Å². The van der Waals surface area contributed by atoms with Gasteiger partial charge in [0, 0.05) is 5.56 Å². The van der Waals surface area contributed by atoms with E-state index in [4.69, 9.17) is 0 Å². The van der Waals surface area contributed by atoms with Crippen LogP contribution in [0.1, 0.15) is 82.4 Å². The van der Waals surface area contributed by atoms with Crippen molar-refractivity contribution in [3.63, 3.8) is 0 Å². The second-order valence-corrected chi connectivity index (χ2v) is 8.37. The molecule has 2 rings (SSSR count). The molecule has 0 bridgehead atoms. The van der Waals surface area contributed by atoms with Crippen LogP contribution in [0.4, 0.5) is 0 Å². The number of hydrogen-bond acceptors (Lipinski definition) is 1. The Balaban J connectivity index is 2.71. The molecule has 21 heavy (non-hydrogen) atoms. The van der Waals surface area contributed by atoms with Crippen LogP contribution in [0.2, 0.25) is 0 Å². The standard InChI is InChI=1S/C20H30O/c1-12(2)9-15-10-17-18(11-16(15)13(3)21)20(7,8)14(4)19(17,5)6/h10-12,14H,9H2,1-8H3. The highest BCUT2D eigenvalue weighted by molar-refractivity contribution is 5.96. The van der Waals surface area contributed by atoms with E-state index >= 15 is 0 Å². The second kappa shape index (κ2) is 4.97. The van der Waals surface area contributed by atoms with E-state index in [9.17, 15) is 4.79 Å². The van der Waals surface area contributed by atoms with E-state index in [1.807, 2.05) is 0 Å². The maximum absolute atomic E-state index is 12.1. The Morgan fingerprint density at radius 2 is 1.57 bits per heavy atom. The van der Waals surface area contributed by atoms with Crippen molar-refractivity contribution in [2.75, 3.05) is 0 Å². The van der Waals surface area contributed by atoms with Crippen molar-refractivity contribution in [1.82, 2.24) is 0 Å². The average molecular weight is 286 g/mol. The Bertz CT molecular complexity index is 576. The number of benzene rings is 1. The molecule has 0 fully saturated rings. The van der Waals surface area contributed by atoms with E-state index < -0.39 is 0 Å². The monoisotopic (exact) mass is 286 g/mol. The van der Waals surface area contributed by atoms with Gasteiger partial charge in [-0.05, 0) is 58.8 Å². The summed E-state index contributed by atoms with van der Waals surface area (Å²) in [6.07, 6.45) is 0.979. The number of carbonyl (C=O) groups is 1. The van der Waals surface area contributed by atoms with Crippen LogP contribution in [0.5, 0.6) is 0 Å². The van der Waals surface area contributed by atoms with Gasteiger partial charge in [0.2, 0.25) is 0 Å². The molecule has 0 saturated heterocycles. The highest BCUT2D eigenvalue weighted by Crippen LogP contribution is 2.54. The molecule has 0 radical (unpaired) electrons. The van der Waals surface area contributed by atoms with Gasteiger partial charge >= 0.3 is 0 Å². The molecule has 1 atom stereocenters. The van der Waals surface area contributed by atoms with Gasteiger partial charge in [-0.15, -0.1) is 0 Å². The Morgan fingerprint density at radius 3 is 2.00 bits per heavy atom. The van der Waals surface area contributed by atoms with E-state index in [1.54, 1.807) is 6.92 Å². The van der Waals surface area contributed by atoms with Gasteiger partial charge in [-0.25, -0.2) is 0 Å². The number of carbonyl (C=O) groups excluding carboxylic acids is 1. The first kappa shape index (κ1) is 16.3. The number of hydrogen-bond donors (Lipinski definition) is 0. The molecule has 1 aromatic rings. The SMILES string of the molecule is CC(=O)c1cc2c(cc1CC(C)C)C(C)(C)C(C)C2(C)C. The van der Waals surface area contributed by atoms with Crippen LogP contribution in [0, 0.1) is 11.8 Å². The first-order valence-corrected chi connectivity index (χ1v) is 8.18. The minimum absolute atomic E-state index is 0.124. The molecule has 0 N–H and O–H groups in total. The van der Waals surface area contributed by atoms with E-state index in [1.165, 1.54) is 16.7 Å². The van der Waals surface area contributed by atoms with Gasteiger partial charge in [-0.2, -0.15) is 0 Å². The van der Waals surface area contributed by atoms with Crippen molar-refractivity contribution >= 4 is 5.78 Å². The topological polar surface area (TPSA) is 17.1 Å². The molecule has 1 heteroatoms. The van der Waals surface area contributed by atoms with Gasteiger partial charge in [0.05, 0.1) is 0 Å². The lowest BCUT2D eigenvalue weighted by Gasteiger charge is -2.32. The normalized spacial score (nSPS) is 22.4. The zero-order valence-electron chi connectivity index (χ0n) is 14.9. The summed E-state index contributed by atoms with van der Waals surface area (Å²) in [5.41, 5.74) is 5.27. The Kier molecular flexibility index (Phi) is 3.85. The summed E-state index contributed by atoms with van der Waals surface area (Å²) in [6, 6.07) is 4.53. The maximum atomic E-state index is 12.1. The minimum atomic E-state index is 0.124. The first-order chi connectivity index (χ1) is 9.49. The summed E-state index contributed by atoms with van der Waals surface area (Å²) < 4.78 is 0. The Labute approximate surface area is 130 Å². The molecule has 1 aliphatic carbocycles. The summed E-state index contributed by atoms with van der Waals surface area (Å²) in [7, 11) is 0. The number of ketones is 1.